The van der Waals surface area contributed by atoms with Crippen molar-refractivity contribution in [3.05, 3.63) is 113 Å². The van der Waals surface area contributed by atoms with Gasteiger partial charge in [-0.05, 0) is 53.4 Å². The lowest BCUT2D eigenvalue weighted by atomic mass is 9.90. The molecule has 0 saturated carbocycles. The first-order chi connectivity index (χ1) is 17.1. The van der Waals surface area contributed by atoms with Crippen LogP contribution < -0.4 is 0 Å². The average Bonchev–Trinajstić information content (AvgIpc) is 2.88. The molecule has 0 atom stereocenters. The van der Waals surface area contributed by atoms with Crippen molar-refractivity contribution in [2.75, 3.05) is 0 Å². The summed E-state index contributed by atoms with van der Waals surface area (Å²) in [5, 5.41) is 9.68. The van der Waals surface area contributed by atoms with E-state index in [1.165, 1.54) is 18.2 Å². The Labute approximate surface area is 206 Å². The molecule has 5 rings (SSSR count). The fourth-order valence-corrected chi connectivity index (χ4v) is 6.19. The predicted octanol–water partition coefficient (Wildman–Crippen LogP) is 7.53. The van der Waals surface area contributed by atoms with Gasteiger partial charge in [-0.15, -0.1) is 0 Å². The van der Waals surface area contributed by atoms with Gasteiger partial charge in [0.1, 0.15) is 0 Å². The lowest BCUT2D eigenvalue weighted by Crippen LogP contribution is -2.15. The zero-order valence-corrected chi connectivity index (χ0v) is 19.8. The van der Waals surface area contributed by atoms with Crippen molar-refractivity contribution in [1.29, 1.82) is 5.26 Å². The molecule has 4 aromatic rings. The molecule has 1 aliphatic heterocycles. The van der Waals surface area contributed by atoms with Crippen LogP contribution in [0.15, 0.2) is 106 Å². The highest BCUT2D eigenvalue weighted by molar-refractivity contribution is 7.91. The van der Waals surface area contributed by atoms with Crippen molar-refractivity contribution in [1.82, 2.24) is 0 Å². The largest absolute Gasteiger partial charge is 0.416 e. The minimum absolute atomic E-state index is 0.0159. The van der Waals surface area contributed by atoms with Gasteiger partial charge < -0.3 is 0 Å². The van der Waals surface area contributed by atoms with Crippen LogP contribution in [0.5, 0.6) is 0 Å². The van der Waals surface area contributed by atoms with Crippen molar-refractivity contribution in [2.24, 2.45) is 0 Å². The van der Waals surface area contributed by atoms with Crippen LogP contribution in [0, 0.1) is 11.3 Å². The topological polar surface area (TPSA) is 57.9 Å². The van der Waals surface area contributed by atoms with Gasteiger partial charge in [-0.1, -0.05) is 66.7 Å². The Morgan fingerprint density at radius 1 is 0.722 bits per heavy atom. The molecule has 0 aromatic heterocycles. The fraction of sp³-hybridized carbons (Fsp3) is 0.0690. The van der Waals surface area contributed by atoms with Crippen molar-refractivity contribution >= 4 is 15.4 Å². The Morgan fingerprint density at radius 3 is 1.67 bits per heavy atom. The maximum Gasteiger partial charge on any atom is 0.416 e. The standard InChI is InChI=1S/C29H18F3NO2S/c1-18(17-33)28-24-13-9-21(19-5-3-2-4-6-19)15-26(24)36(34,35)27-16-22(10-14-25(27)28)20-7-11-23(12-8-20)29(30,31)32/h2-16H,1H3/b28-18-. The second kappa shape index (κ2) is 8.51. The first-order valence-corrected chi connectivity index (χ1v) is 12.5. The highest BCUT2D eigenvalue weighted by atomic mass is 32.2. The molecule has 0 spiro atoms. The number of hydrogen-bond donors (Lipinski definition) is 0. The smallest absolute Gasteiger partial charge is 0.218 e. The normalized spacial score (nSPS) is 15.4. The molecule has 7 heteroatoms. The van der Waals surface area contributed by atoms with Crippen LogP contribution in [-0.4, -0.2) is 8.42 Å². The summed E-state index contributed by atoms with van der Waals surface area (Å²) in [5.41, 5.74) is 3.42. The van der Waals surface area contributed by atoms with Crippen molar-refractivity contribution in [3.63, 3.8) is 0 Å². The first kappa shape index (κ1) is 23.6. The summed E-state index contributed by atoms with van der Waals surface area (Å²) in [5.74, 6) is 0. The summed E-state index contributed by atoms with van der Waals surface area (Å²) in [6.45, 7) is 1.63. The van der Waals surface area contributed by atoms with Gasteiger partial charge in [0.05, 0.1) is 21.4 Å². The highest BCUT2D eigenvalue weighted by Gasteiger charge is 2.34. The SMILES string of the molecule is C/C(C#N)=C1\c2ccc(-c3ccccc3)cc2S(=O)(=O)c2cc(-c3ccc(C(F)(F)F)cc3)ccc21. The van der Waals surface area contributed by atoms with E-state index in [-0.39, 0.29) is 9.79 Å². The van der Waals surface area contributed by atoms with Crippen LogP contribution in [0.3, 0.4) is 0 Å². The van der Waals surface area contributed by atoms with E-state index in [4.69, 9.17) is 0 Å². The molecule has 36 heavy (non-hydrogen) atoms. The van der Waals surface area contributed by atoms with E-state index in [1.54, 1.807) is 31.2 Å². The lowest BCUT2D eigenvalue weighted by molar-refractivity contribution is -0.137. The minimum Gasteiger partial charge on any atom is -0.218 e. The number of allylic oxidation sites excluding steroid dienone is 1. The molecule has 0 bridgehead atoms. The lowest BCUT2D eigenvalue weighted by Gasteiger charge is -2.25. The third-order valence-corrected chi connectivity index (χ3v) is 8.11. The second-order valence-corrected chi connectivity index (χ2v) is 10.4. The molecule has 1 aliphatic rings. The first-order valence-electron chi connectivity index (χ1n) is 11.0. The van der Waals surface area contributed by atoms with Gasteiger partial charge in [0.15, 0.2) is 0 Å². The zero-order valence-electron chi connectivity index (χ0n) is 19.0. The van der Waals surface area contributed by atoms with E-state index in [2.05, 4.69) is 6.07 Å². The van der Waals surface area contributed by atoms with Crippen LogP contribution in [0.4, 0.5) is 13.2 Å². The molecule has 0 amide bonds. The summed E-state index contributed by atoms with van der Waals surface area (Å²) >= 11 is 0. The van der Waals surface area contributed by atoms with Crippen molar-refractivity contribution in [2.45, 2.75) is 22.9 Å². The minimum atomic E-state index is -4.47. The fourth-order valence-electron chi connectivity index (χ4n) is 4.47. The summed E-state index contributed by atoms with van der Waals surface area (Å²) in [4.78, 5) is 0.104. The third kappa shape index (κ3) is 3.90. The molecule has 3 nitrogen and oxygen atoms in total. The van der Waals surface area contributed by atoms with Gasteiger partial charge >= 0.3 is 6.18 Å². The number of halogens is 3. The van der Waals surface area contributed by atoms with E-state index in [0.29, 0.717) is 39.0 Å². The Hall–Kier alpha value is -4.15. The maximum atomic E-state index is 13.9. The van der Waals surface area contributed by atoms with E-state index in [9.17, 15) is 26.9 Å². The Kier molecular flexibility index (Phi) is 5.57. The van der Waals surface area contributed by atoms with Gasteiger partial charge in [0, 0.05) is 22.3 Å². The molecule has 0 N–H and O–H groups in total. The van der Waals surface area contributed by atoms with Gasteiger partial charge in [0.2, 0.25) is 9.84 Å². The van der Waals surface area contributed by atoms with Crippen molar-refractivity contribution < 1.29 is 21.6 Å². The zero-order chi connectivity index (χ0) is 25.7. The number of alkyl halides is 3. The molecule has 0 radical (unpaired) electrons. The molecule has 1 heterocycles. The summed E-state index contributed by atoms with van der Waals surface area (Å²) in [6, 6.07) is 26.0. The van der Waals surface area contributed by atoms with Crippen molar-refractivity contribution in [3.8, 4) is 28.3 Å². The third-order valence-electron chi connectivity index (χ3n) is 6.28. The Bertz CT molecular complexity index is 1680. The number of hydrogen-bond acceptors (Lipinski definition) is 3. The van der Waals surface area contributed by atoms with Gasteiger partial charge in [-0.2, -0.15) is 18.4 Å². The van der Waals surface area contributed by atoms with Crippen LogP contribution in [0.25, 0.3) is 27.8 Å². The van der Waals surface area contributed by atoms with Crippen LogP contribution in [0.2, 0.25) is 0 Å². The maximum absolute atomic E-state index is 13.9. The van der Waals surface area contributed by atoms with Gasteiger partial charge in [-0.3, -0.25) is 0 Å². The van der Waals surface area contributed by atoms with E-state index >= 15 is 0 Å². The second-order valence-electron chi connectivity index (χ2n) is 8.48. The Balaban J connectivity index is 1.72. The summed E-state index contributed by atoms with van der Waals surface area (Å²) in [7, 11) is -3.99. The summed E-state index contributed by atoms with van der Waals surface area (Å²) < 4.78 is 66.7. The number of nitriles is 1. The van der Waals surface area contributed by atoms with Gasteiger partial charge in [-0.25, -0.2) is 8.42 Å². The molecule has 0 fully saturated rings. The molecular formula is C29H18F3NO2S. The molecule has 0 unspecified atom stereocenters. The average molecular weight is 502 g/mol. The van der Waals surface area contributed by atoms with Crippen LogP contribution >= 0.6 is 0 Å². The molecule has 0 saturated heterocycles. The molecule has 0 aliphatic carbocycles. The van der Waals surface area contributed by atoms with Crippen LogP contribution in [0.1, 0.15) is 23.6 Å². The summed E-state index contributed by atoms with van der Waals surface area (Å²) in [6.07, 6.45) is -4.47. The number of fused-ring (bicyclic) bond motifs is 2. The number of rotatable bonds is 2. The van der Waals surface area contributed by atoms with E-state index in [1.807, 2.05) is 36.4 Å². The molecule has 178 valence electrons. The van der Waals surface area contributed by atoms with E-state index < -0.39 is 21.6 Å². The van der Waals surface area contributed by atoms with E-state index in [0.717, 1.165) is 17.7 Å². The molecule has 4 aromatic carbocycles. The Morgan fingerprint density at radius 2 is 1.19 bits per heavy atom. The highest BCUT2D eigenvalue weighted by Crippen LogP contribution is 2.45. The van der Waals surface area contributed by atoms with Gasteiger partial charge in [0.25, 0.3) is 0 Å². The van der Waals surface area contributed by atoms with Crippen LogP contribution in [-0.2, 0) is 16.0 Å². The number of sulfone groups is 1. The monoisotopic (exact) mass is 501 g/mol. The molecular weight excluding hydrogens is 483 g/mol. The number of nitrogens with zero attached hydrogens (tertiary/aromatic N) is 1. The number of benzene rings is 4. The predicted molar refractivity (Wildman–Crippen MR) is 132 cm³/mol. The quantitative estimate of drug-likeness (QED) is 0.235.